The Balaban J connectivity index is 1.25. The fraction of sp³-hybridized carbons (Fsp3) is 0.450. The number of rotatable bonds is 6. The molecule has 24 heavy (non-hydrogen) atoms. The number of ether oxygens (including phenoxy) is 2. The van der Waals surface area contributed by atoms with Crippen LogP contribution in [-0.4, -0.2) is 30.3 Å². The maximum atomic E-state index is 5.87. The van der Waals surface area contributed by atoms with Crippen molar-refractivity contribution in [2.24, 2.45) is 0 Å². The van der Waals surface area contributed by atoms with Crippen molar-refractivity contribution < 1.29 is 9.47 Å². The van der Waals surface area contributed by atoms with E-state index in [2.05, 4.69) is 46.7 Å². The van der Waals surface area contributed by atoms with Crippen LogP contribution in [0.2, 0.25) is 0 Å². The topological polar surface area (TPSA) is 43.4 Å². The van der Waals surface area contributed by atoms with E-state index in [1.54, 1.807) is 0 Å². The molecule has 1 saturated carbocycles. The maximum absolute atomic E-state index is 5.87. The number of hydrogen-bond acceptors (Lipinski definition) is 4. The molecule has 1 atom stereocenters. The van der Waals surface area contributed by atoms with Crippen molar-refractivity contribution in [3.05, 3.63) is 59.8 Å². The quantitative estimate of drug-likeness (QED) is 0.885. The lowest BCUT2D eigenvalue weighted by molar-refractivity contribution is 0.138. The van der Waals surface area contributed by atoms with Gasteiger partial charge in [0.05, 0.1) is 13.2 Å². The van der Waals surface area contributed by atoms with Crippen LogP contribution < -0.4 is 10.1 Å². The normalized spacial score (nSPS) is 26.1. The van der Waals surface area contributed by atoms with Gasteiger partial charge in [-0.3, -0.25) is 0 Å². The predicted molar refractivity (Wildman–Crippen MR) is 93.1 cm³/mol. The first-order valence-corrected chi connectivity index (χ1v) is 8.84. The predicted octanol–water partition coefficient (Wildman–Crippen LogP) is 3.29. The summed E-state index contributed by atoms with van der Waals surface area (Å²) in [5.41, 5.74) is 2.69. The van der Waals surface area contributed by atoms with Gasteiger partial charge in [0, 0.05) is 31.3 Å². The third kappa shape index (κ3) is 3.77. The van der Waals surface area contributed by atoms with Gasteiger partial charge in [-0.15, -0.1) is 0 Å². The second kappa shape index (κ2) is 7.32. The zero-order chi connectivity index (χ0) is 16.2. The first-order chi connectivity index (χ1) is 11.9. The summed E-state index contributed by atoms with van der Waals surface area (Å²) in [6.07, 6.45) is 5.37. The number of pyridine rings is 1. The van der Waals surface area contributed by atoms with E-state index >= 15 is 0 Å². The highest BCUT2D eigenvalue weighted by molar-refractivity contribution is 5.24. The van der Waals surface area contributed by atoms with Gasteiger partial charge in [0.15, 0.2) is 0 Å². The molecule has 126 valence electrons. The molecule has 2 aliphatic rings. The van der Waals surface area contributed by atoms with Crippen LogP contribution in [0.25, 0.3) is 0 Å². The first-order valence-electron chi connectivity index (χ1n) is 8.84. The summed E-state index contributed by atoms with van der Waals surface area (Å²) in [5.74, 6) is 1.42. The Morgan fingerprint density at radius 2 is 2.04 bits per heavy atom. The molecule has 0 radical (unpaired) electrons. The van der Waals surface area contributed by atoms with Crippen molar-refractivity contribution in [3.8, 4) is 5.88 Å². The van der Waals surface area contributed by atoms with Gasteiger partial charge in [0.25, 0.3) is 0 Å². The van der Waals surface area contributed by atoms with Gasteiger partial charge in [-0.25, -0.2) is 4.98 Å². The highest BCUT2D eigenvalue weighted by Crippen LogP contribution is 2.36. The third-order valence-corrected chi connectivity index (χ3v) is 4.98. The lowest BCUT2D eigenvalue weighted by atomic mass is 9.76. The van der Waals surface area contributed by atoms with Crippen molar-refractivity contribution >= 4 is 0 Å². The van der Waals surface area contributed by atoms with Crippen LogP contribution in [0.3, 0.4) is 0 Å². The lowest BCUT2D eigenvalue weighted by Gasteiger charge is -2.36. The fourth-order valence-electron chi connectivity index (χ4n) is 3.45. The summed E-state index contributed by atoms with van der Waals surface area (Å²) >= 11 is 0. The minimum Gasteiger partial charge on any atom is -0.472 e. The Bertz CT molecular complexity index is 650. The van der Waals surface area contributed by atoms with Gasteiger partial charge in [-0.2, -0.15) is 0 Å². The van der Waals surface area contributed by atoms with Crippen LogP contribution in [0.1, 0.15) is 36.3 Å². The molecule has 4 heteroatoms. The van der Waals surface area contributed by atoms with Crippen LogP contribution in [0, 0.1) is 0 Å². The SMILES string of the molecule is c1ccc(C2CC(NCc3ccnc(OC4CCOC4)c3)C2)cc1. The maximum Gasteiger partial charge on any atom is 0.213 e. The summed E-state index contributed by atoms with van der Waals surface area (Å²) in [7, 11) is 0. The summed E-state index contributed by atoms with van der Waals surface area (Å²) < 4.78 is 11.2. The van der Waals surface area contributed by atoms with Crippen LogP contribution in [0.4, 0.5) is 0 Å². The molecule has 2 heterocycles. The zero-order valence-corrected chi connectivity index (χ0v) is 13.9. The first kappa shape index (κ1) is 15.6. The Kier molecular flexibility index (Phi) is 4.76. The largest absolute Gasteiger partial charge is 0.472 e. The van der Waals surface area contributed by atoms with E-state index in [1.165, 1.54) is 24.0 Å². The molecule has 1 aliphatic carbocycles. The Labute approximate surface area is 143 Å². The molecule has 1 aromatic carbocycles. The molecule has 0 spiro atoms. The van der Waals surface area contributed by atoms with Gasteiger partial charge in [-0.05, 0) is 36.0 Å². The Morgan fingerprint density at radius 3 is 2.83 bits per heavy atom. The van der Waals surface area contributed by atoms with Crippen molar-refractivity contribution in [2.75, 3.05) is 13.2 Å². The minimum absolute atomic E-state index is 0.152. The molecular formula is C20H24N2O2. The van der Waals surface area contributed by atoms with Crippen LogP contribution in [0.5, 0.6) is 5.88 Å². The van der Waals surface area contributed by atoms with Gasteiger partial charge in [0.1, 0.15) is 6.10 Å². The van der Waals surface area contributed by atoms with E-state index in [-0.39, 0.29) is 6.10 Å². The molecule has 4 rings (SSSR count). The number of nitrogens with zero attached hydrogens (tertiary/aromatic N) is 1. The van der Waals surface area contributed by atoms with Gasteiger partial charge < -0.3 is 14.8 Å². The fourth-order valence-corrected chi connectivity index (χ4v) is 3.45. The molecule has 0 bridgehead atoms. The van der Waals surface area contributed by atoms with Crippen molar-refractivity contribution in [3.63, 3.8) is 0 Å². The van der Waals surface area contributed by atoms with E-state index in [0.717, 1.165) is 19.6 Å². The van der Waals surface area contributed by atoms with Gasteiger partial charge in [0.2, 0.25) is 5.88 Å². The number of hydrogen-bond donors (Lipinski definition) is 1. The van der Waals surface area contributed by atoms with Crippen molar-refractivity contribution in [1.29, 1.82) is 0 Å². The summed E-state index contributed by atoms with van der Waals surface area (Å²) in [6, 6.07) is 15.5. The molecule has 2 aromatic rings. The van der Waals surface area contributed by atoms with Crippen LogP contribution in [0.15, 0.2) is 48.7 Å². The second-order valence-electron chi connectivity index (χ2n) is 6.76. The van der Waals surface area contributed by atoms with E-state index in [0.29, 0.717) is 24.4 Å². The highest BCUT2D eigenvalue weighted by Gasteiger charge is 2.29. The molecule has 1 aliphatic heterocycles. The molecule has 1 aromatic heterocycles. The van der Waals surface area contributed by atoms with Crippen LogP contribution >= 0.6 is 0 Å². The molecule has 1 N–H and O–H groups in total. The summed E-state index contributed by atoms with van der Waals surface area (Å²) in [6.45, 7) is 2.33. The molecular weight excluding hydrogens is 300 g/mol. The van der Waals surface area contributed by atoms with E-state index in [9.17, 15) is 0 Å². The average molecular weight is 324 g/mol. The van der Waals surface area contributed by atoms with E-state index in [4.69, 9.17) is 9.47 Å². The number of nitrogens with one attached hydrogen (secondary N) is 1. The number of benzene rings is 1. The van der Waals surface area contributed by atoms with Crippen molar-refractivity contribution in [2.45, 2.75) is 43.9 Å². The van der Waals surface area contributed by atoms with Crippen molar-refractivity contribution in [1.82, 2.24) is 10.3 Å². The third-order valence-electron chi connectivity index (χ3n) is 4.98. The summed E-state index contributed by atoms with van der Waals surface area (Å²) in [5, 5.41) is 3.65. The molecule has 4 nitrogen and oxygen atoms in total. The number of aromatic nitrogens is 1. The van der Waals surface area contributed by atoms with Gasteiger partial charge >= 0.3 is 0 Å². The highest BCUT2D eigenvalue weighted by atomic mass is 16.5. The molecule has 1 unspecified atom stereocenters. The summed E-state index contributed by atoms with van der Waals surface area (Å²) in [4.78, 5) is 4.31. The average Bonchev–Trinajstić information content (AvgIpc) is 3.08. The smallest absolute Gasteiger partial charge is 0.213 e. The lowest BCUT2D eigenvalue weighted by Crippen LogP contribution is -2.39. The molecule has 2 fully saturated rings. The minimum atomic E-state index is 0.152. The van der Waals surface area contributed by atoms with E-state index < -0.39 is 0 Å². The van der Waals surface area contributed by atoms with Crippen LogP contribution in [-0.2, 0) is 11.3 Å². The molecule has 1 saturated heterocycles. The van der Waals surface area contributed by atoms with E-state index in [1.807, 2.05) is 12.3 Å². The zero-order valence-electron chi connectivity index (χ0n) is 13.9. The monoisotopic (exact) mass is 324 g/mol. The molecule has 0 amide bonds. The standard InChI is InChI=1S/C20H24N2O2/c1-2-4-16(5-3-1)17-11-18(12-17)22-13-15-6-8-21-20(10-15)24-19-7-9-23-14-19/h1-6,8,10,17-19,22H,7,9,11-14H2. The Hall–Kier alpha value is -1.91. The second-order valence-corrected chi connectivity index (χ2v) is 6.76. The Morgan fingerprint density at radius 1 is 1.17 bits per heavy atom. The van der Waals surface area contributed by atoms with Gasteiger partial charge in [-0.1, -0.05) is 30.3 Å².